The third-order valence-electron chi connectivity index (χ3n) is 2.55. The number of nitrogens with one attached hydrogen (secondary N) is 1. The maximum atomic E-state index is 11.5. The van der Waals surface area contributed by atoms with Crippen LogP contribution in [0.1, 0.15) is 24.6 Å². The number of carboxylic acid groups (broad SMARTS) is 1. The average molecular weight is 350 g/mol. The molecule has 0 aromatic carbocycles. The molecule has 0 bridgehead atoms. The maximum absolute atomic E-state index is 11.5. The van der Waals surface area contributed by atoms with E-state index in [1.54, 1.807) is 11.3 Å². The molecule has 0 aliphatic rings. The molecule has 1 heterocycles. The van der Waals surface area contributed by atoms with Crippen LogP contribution >= 0.6 is 27.3 Å². The maximum Gasteiger partial charge on any atom is 0.337 e. The quantitative estimate of drug-likeness (QED) is 0.700. The van der Waals surface area contributed by atoms with Crippen LogP contribution in [-0.2, 0) is 16.0 Å². The highest BCUT2D eigenvalue weighted by atomic mass is 79.9. The lowest BCUT2D eigenvalue weighted by molar-refractivity contribution is -0.156. The van der Waals surface area contributed by atoms with Gasteiger partial charge in [-0.1, -0.05) is 0 Å². The van der Waals surface area contributed by atoms with E-state index in [9.17, 15) is 14.7 Å². The molecule has 0 aliphatic heterocycles. The zero-order chi connectivity index (χ0) is 14.5. The van der Waals surface area contributed by atoms with Crippen molar-refractivity contribution in [3.63, 3.8) is 0 Å². The first-order valence-corrected chi connectivity index (χ1v) is 7.39. The van der Waals surface area contributed by atoms with Crippen molar-refractivity contribution < 1.29 is 19.8 Å². The predicted octanol–water partition coefficient (Wildman–Crippen LogP) is 1.79. The Labute approximate surface area is 123 Å². The monoisotopic (exact) mass is 349 g/mol. The van der Waals surface area contributed by atoms with Crippen molar-refractivity contribution in [1.29, 1.82) is 0 Å². The number of carbonyl (C=O) groups is 2. The Kier molecular flexibility index (Phi) is 5.96. The zero-order valence-electron chi connectivity index (χ0n) is 10.5. The number of carbonyl (C=O) groups excluding carboxylic acids is 1. The standard InChI is InChI=1S/C12H16BrNO4S/c1-12(18,11(16)17)7-14-10(15)4-2-3-8-5-6-9(13)19-8/h5-6,18H,2-4,7H2,1H3,(H,14,15)(H,16,17). The second-order valence-electron chi connectivity index (χ2n) is 4.42. The van der Waals surface area contributed by atoms with Crippen LogP contribution in [0.25, 0.3) is 0 Å². The third-order valence-corrected chi connectivity index (χ3v) is 4.23. The van der Waals surface area contributed by atoms with E-state index in [4.69, 9.17) is 5.11 Å². The van der Waals surface area contributed by atoms with E-state index in [0.29, 0.717) is 12.8 Å². The molecule has 0 saturated carbocycles. The largest absolute Gasteiger partial charge is 0.479 e. The minimum Gasteiger partial charge on any atom is -0.479 e. The SMILES string of the molecule is CC(O)(CNC(=O)CCCc1ccc(Br)s1)C(=O)O. The lowest BCUT2D eigenvalue weighted by Crippen LogP contribution is -2.46. The normalized spacial score (nSPS) is 13.8. The number of aliphatic carboxylic acids is 1. The predicted molar refractivity (Wildman–Crippen MR) is 76.2 cm³/mol. The van der Waals surface area contributed by atoms with E-state index in [1.807, 2.05) is 12.1 Å². The van der Waals surface area contributed by atoms with E-state index >= 15 is 0 Å². The van der Waals surface area contributed by atoms with E-state index in [2.05, 4.69) is 21.2 Å². The molecular formula is C12H16BrNO4S. The summed E-state index contributed by atoms with van der Waals surface area (Å²) in [6, 6.07) is 3.96. The van der Waals surface area contributed by atoms with Gasteiger partial charge < -0.3 is 15.5 Å². The summed E-state index contributed by atoms with van der Waals surface area (Å²) in [5, 5.41) is 20.5. The molecule has 1 atom stereocenters. The summed E-state index contributed by atoms with van der Waals surface area (Å²) in [5.74, 6) is -1.60. The Balaban J connectivity index is 2.23. The highest BCUT2D eigenvalue weighted by Gasteiger charge is 2.30. The molecule has 1 unspecified atom stereocenters. The zero-order valence-corrected chi connectivity index (χ0v) is 12.9. The smallest absolute Gasteiger partial charge is 0.337 e. The Morgan fingerprint density at radius 1 is 1.47 bits per heavy atom. The number of rotatable bonds is 7. The molecule has 7 heteroatoms. The van der Waals surface area contributed by atoms with Crippen LogP contribution in [-0.4, -0.2) is 34.2 Å². The van der Waals surface area contributed by atoms with E-state index in [1.165, 1.54) is 4.88 Å². The molecule has 0 spiro atoms. The van der Waals surface area contributed by atoms with Crippen LogP contribution in [0, 0.1) is 0 Å². The van der Waals surface area contributed by atoms with Gasteiger partial charge in [-0.3, -0.25) is 4.79 Å². The molecule has 5 nitrogen and oxygen atoms in total. The van der Waals surface area contributed by atoms with E-state index < -0.39 is 11.6 Å². The van der Waals surface area contributed by atoms with Gasteiger partial charge in [-0.05, 0) is 47.8 Å². The second-order valence-corrected chi connectivity index (χ2v) is 6.96. The molecule has 3 N–H and O–H groups in total. The fourth-order valence-corrected chi connectivity index (χ4v) is 2.87. The Morgan fingerprint density at radius 2 is 2.16 bits per heavy atom. The van der Waals surface area contributed by atoms with Crippen LogP contribution in [0.3, 0.4) is 0 Å². The average Bonchev–Trinajstić information content (AvgIpc) is 2.72. The van der Waals surface area contributed by atoms with Gasteiger partial charge in [0.2, 0.25) is 5.91 Å². The van der Waals surface area contributed by atoms with Crippen molar-refractivity contribution in [2.45, 2.75) is 31.8 Å². The fraction of sp³-hybridized carbons (Fsp3) is 0.500. The van der Waals surface area contributed by atoms with Crippen molar-refractivity contribution in [1.82, 2.24) is 5.32 Å². The molecule has 0 fully saturated rings. The van der Waals surface area contributed by atoms with Crippen molar-refractivity contribution in [2.24, 2.45) is 0 Å². The molecule has 0 saturated heterocycles. The molecule has 1 aromatic heterocycles. The number of hydrogen-bond acceptors (Lipinski definition) is 4. The van der Waals surface area contributed by atoms with Crippen molar-refractivity contribution in [2.75, 3.05) is 6.54 Å². The molecule has 19 heavy (non-hydrogen) atoms. The first-order valence-electron chi connectivity index (χ1n) is 5.78. The first kappa shape index (κ1) is 16.1. The number of carboxylic acids is 1. The van der Waals surface area contributed by atoms with Gasteiger partial charge in [0.15, 0.2) is 5.60 Å². The molecular weight excluding hydrogens is 334 g/mol. The van der Waals surface area contributed by atoms with Gasteiger partial charge in [0.05, 0.1) is 10.3 Å². The lowest BCUT2D eigenvalue weighted by Gasteiger charge is -2.18. The van der Waals surface area contributed by atoms with Gasteiger partial charge in [0, 0.05) is 11.3 Å². The number of halogens is 1. The van der Waals surface area contributed by atoms with Crippen molar-refractivity contribution >= 4 is 39.1 Å². The number of aryl methyl sites for hydroxylation is 1. The molecule has 1 rings (SSSR count). The lowest BCUT2D eigenvalue weighted by atomic mass is 10.1. The number of amides is 1. The van der Waals surface area contributed by atoms with Gasteiger partial charge in [-0.15, -0.1) is 11.3 Å². The first-order chi connectivity index (χ1) is 8.81. The van der Waals surface area contributed by atoms with E-state index in [0.717, 1.165) is 17.1 Å². The van der Waals surface area contributed by atoms with Crippen LogP contribution in [0.15, 0.2) is 15.9 Å². The summed E-state index contributed by atoms with van der Waals surface area (Å²) in [4.78, 5) is 23.3. The van der Waals surface area contributed by atoms with Crippen molar-refractivity contribution in [3.8, 4) is 0 Å². The summed E-state index contributed by atoms with van der Waals surface area (Å²) in [5.41, 5.74) is -1.92. The Hall–Kier alpha value is -0.920. The van der Waals surface area contributed by atoms with Crippen LogP contribution in [0.2, 0.25) is 0 Å². The highest BCUT2D eigenvalue weighted by molar-refractivity contribution is 9.11. The van der Waals surface area contributed by atoms with E-state index in [-0.39, 0.29) is 12.5 Å². The van der Waals surface area contributed by atoms with Crippen LogP contribution in [0.4, 0.5) is 0 Å². The summed E-state index contributed by atoms with van der Waals surface area (Å²) in [6.07, 6.45) is 1.80. The Bertz CT molecular complexity index is 458. The van der Waals surface area contributed by atoms with Gasteiger partial charge in [0.25, 0.3) is 0 Å². The minimum atomic E-state index is -1.92. The Morgan fingerprint density at radius 3 is 2.68 bits per heavy atom. The molecule has 0 radical (unpaired) electrons. The molecule has 1 amide bonds. The van der Waals surface area contributed by atoms with Gasteiger partial charge in [0.1, 0.15) is 0 Å². The molecule has 0 aliphatic carbocycles. The van der Waals surface area contributed by atoms with Gasteiger partial charge in [-0.2, -0.15) is 0 Å². The second kappa shape index (κ2) is 7.02. The summed E-state index contributed by atoms with van der Waals surface area (Å²) in [6.45, 7) is 0.866. The molecule has 1 aromatic rings. The number of thiophene rings is 1. The van der Waals surface area contributed by atoms with Crippen molar-refractivity contribution in [3.05, 3.63) is 20.8 Å². The van der Waals surface area contributed by atoms with Gasteiger partial charge >= 0.3 is 5.97 Å². The minimum absolute atomic E-state index is 0.253. The molecule has 106 valence electrons. The van der Waals surface area contributed by atoms with Crippen LogP contribution < -0.4 is 5.32 Å². The summed E-state index contributed by atoms with van der Waals surface area (Å²) in [7, 11) is 0. The van der Waals surface area contributed by atoms with Crippen LogP contribution in [0.5, 0.6) is 0 Å². The number of aliphatic hydroxyl groups is 1. The van der Waals surface area contributed by atoms with Gasteiger partial charge in [-0.25, -0.2) is 4.79 Å². The number of hydrogen-bond donors (Lipinski definition) is 3. The highest BCUT2D eigenvalue weighted by Crippen LogP contribution is 2.23. The summed E-state index contributed by atoms with van der Waals surface area (Å²) >= 11 is 5.00. The summed E-state index contributed by atoms with van der Waals surface area (Å²) < 4.78 is 1.06. The topological polar surface area (TPSA) is 86.6 Å². The fourth-order valence-electron chi connectivity index (χ4n) is 1.34. The third kappa shape index (κ3) is 5.71.